The molecule has 4 aromatic rings. The minimum absolute atomic E-state index is 0.0145. The van der Waals surface area contributed by atoms with Gasteiger partial charge in [-0.25, -0.2) is 23.2 Å². The number of aliphatic hydroxyl groups excluding tert-OH is 3. The maximum atomic E-state index is 12.5. The molecule has 11 atom stereocenters. The molecule has 0 aromatic carbocycles. The van der Waals surface area contributed by atoms with Crippen LogP contribution in [0.15, 0.2) is 22.2 Å². The van der Waals surface area contributed by atoms with Gasteiger partial charge in [0.05, 0.1) is 40.5 Å². The molecule has 2 fully saturated rings. The molecular weight excluding hydrogens is 768 g/mol. The highest BCUT2D eigenvalue weighted by Gasteiger charge is 2.49. The van der Waals surface area contributed by atoms with E-state index in [-0.39, 0.29) is 34.2 Å². The van der Waals surface area contributed by atoms with Crippen molar-refractivity contribution in [1.82, 2.24) is 34.1 Å². The third-order valence-corrected chi connectivity index (χ3v) is 12.0. The number of imidazole rings is 2. The molecule has 31 heteroatoms. The molecule has 27 nitrogen and oxygen atoms in total. The fraction of sp³-hybridized carbons (Fsp3) is 0.524. The van der Waals surface area contributed by atoms with Gasteiger partial charge in [0.15, 0.2) is 29.9 Å². The summed E-state index contributed by atoms with van der Waals surface area (Å²) in [5.74, 6) is -1.79. The number of anilines is 2. The Morgan fingerprint density at radius 1 is 0.904 bits per heavy atom. The van der Waals surface area contributed by atoms with Gasteiger partial charge in [-0.3, -0.25) is 37.7 Å². The van der Waals surface area contributed by atoms with Crippen molar-refractivity contribution >= 4 is 65.5 Å². The number of aromatic amines is 2. The molecular formula is C21H29BN10O17P3+. The number of phosphoric acid groups is 3. The summed E-state index contributed by atoms with van der Waals surface area (Å²) >= 11 is 0. The van der Waals surface area contributed by atoms with Crippen LogP contribution in [0.1, 0.15) is 12.5 Å². The summed E-state index contributed by atoms with van der Waals surface area (Å²) in [6.07, 6.45) is -8.57. The molecule has 8 unspecified atom stereocenters. The number of nitrogen functional groups attached to an aromatic ring is 2. The van der Waals surface area contributed by atoms with Gasteiger partial charge >= 0.3 is 29.1 Å². The summed E-state index contributed by atoms with van der Waals surface area (Å²) in [6, 6.07) is 0. The van der Waals surface area contributed by atoms with Crippen LogP contribution >= 0.6 is 23.5 Å². The van der Waals surface area contributed by atoms with Gasteiger partial charge in [0.25, 0.3) is 17.1 Å². The van der Waals surface area contributed by atoms with Crippen LogP contribution in [0.25, 0.3) is 22.3 Å². The SMILES string of the molecule is [B]C1C(O)C(COP(=O)(O)OP(=O)(O)OP(=O)(O)OC[C@H]2O[C@@H](n3cnc4c(=O)[nH]c(N)nc43)C(O)C2O)O[C@H]1[n+]1cn(C)c2c(=O)[nH]c(N)nc21. The Morgan fingerprint density at radius 3 is 2.12 bits per heavy atom. The average Bonchev–Trinajstić information content (AvgIpc) is 3.74. The molecule has 0 spiro atoms. The number of H-pyrrole nitrogens is 2. The molecule has 12 N–H and O–H groups in total. The Bertz CT molecular complexity index is 2280. The van der Waals surface area contributed by atoms with Gasteiger partial charge < -0.3 is 50.9 Å². The Kier molecular flexibility index (Phi) is 10.1. The lowest BCUT2D eigenvalue weighted by atomic mass is 9.81. The van der Waals surface area contributed by atoms with Gasteiger partial charge in [0.1, 0.15) is 24.4 Å². The Balaban J connectivity index is 1.05. The Labute approximate surface area is 288 Å². The summed E-state index contributed by atoms with van der Waals surface area (Å²) in [5.41, 5.74) is 9.60. The van der Waals surface area contributed by atoms with Crippen LogP contribution in [-0.2, 0) is 47.9 Å². The lowest BCUT2D eigenvalue weighted by Gasteiger charge is -2.21. The van der Waals surface area contributed by atoms with Gasteiger partial charge in [0, 0.05) is 5.82 Å². The van der Waals surface area contributed by atoms with E-state index in [2.05, 4.69) is 42.6 Å². The molecule has 2 radical (unpaired) electrons. The predicted molar refractivity (Wildman–Crippen MR) is 167 cm³/mol. The number of rotatable bonds is 12. The number of nitrogens with one attached hydrogen (secondary N) is 2. The summed E-state index contributed by atoms with van der Waals surface area (Å²) < 4.78 is 69.6. The molecule has 0 aliphatic carbocycles. The average molecular weight is 797 g/mol. The van der Waals surface area contributed by atoms with Crippen LogP contribution in [0.5, 0.6) is 0 Å². The lowest BCUT2D eigenvalue weighted by molar-refractivity contribution is -0.738. The summed E-state index contributed by atoms with van der Waals surface area (Å²) in [4.78, 5) is 70.8. The zero-order valence-corrected chi connectivity index (χ0v) is 28.8. The first-order valence-electron chi connectivity index (χ1n) is 14.5. The molecule has 6 heterocycles. The van der Waals surface area contributed by atoms with Gasteiger partial charge in [-0.05, 0) is 0 Å². The fourth-order valence-corrected chi connectivity index (χ4v) is 9.02. The minimum atomic E-state index is -5.98. The molecule has 2 saturated heterocycles. The van der Waals surface area contributed by atoms with Crippen LogP contribution < -0.4 is 27.2 Å². The Hall–Kier alpha value is -3.43. The molecule has 2 aliphatic rings. The number of aryl methyl sites for hydroxylation is 1. The standard InChI is InChI=1S/C21H28BN10O17P3/c1-30-5-32(15-10(30)17(37)29-21(24)27-15)18-8(22)11(33)6(46-18)2-44-50(38,39)48-52(42,43)49-51(40,41)45-3-7-12(34)13(35)19(47-7)31-4-25-9-14(31)26-20(23)28-16(9)36/h4-8,11-13,18-19,33-35H,2-3H2,1H3,(H8-,23,24,26,27,28,29,36,37,38,39,40,41,42,43)/p+1/t6?,7-,8?,11?,12?,13?,18-,19-/m1/s1. The van der Waals surface area contributed by atoms with Crippen molar-refractivity contribution < 1.29 is 75.4 Å². The normalized spacial score (nSPS) is 30.1. The van der Waals surface area contributed by atoms with Crippen molar-refractivity contribution in [2.24, 2.45) is 7.05 Å². The summed E-state index contributed by atoms with van der Waals surface area (Å²) in [7, 11) is -9.72. The van der Waals surface area contributed by atoms with Crippen molar-refractivity contribution in [2.75, 3.05) is 24.7 Å². The number of nitrogens with two attached hydrogens (primary N) is 2. The quantitative estimate of drug-likeness (QED) is 0.0371. The zero-order chi connectivity index (χ0) is 38.1. The second kappa shape index (κ2) is 13.8. The number of nitrogens with zero attached hydrogens (tertiary/aromatic N) is 6. The van der Waals surface area contributed by atoms with Gasteiger partial charge in [-0.15, -0.1) is 0 Å². The number of aliphatic hydroxyl groups is 3. The lowest BCUT2D eigenvalue weighted by Crippen LogP contribution is -2.42. The second-order valence-electron chi connectivity index (χ2n) is 11.4. The van der Waals surface area contributed by atoms with E-state index < -0.39 is 96.6 Å². The van der Waals surface area contributed by atoms with E-state index in [9.17, 15) is 53.3 Å². The topological polar surface area (TPSA) is 398 Å². The minimum Gasteiger partial charge on any atom is -0.391 e. The third kappa shape index (κ3) is 7.50. The molecule has 4 aromatic heterocycles. The first kappa shape index (κ1) is 38.3. The zero-order valence-electron chi connectivity index (χ0n) is 26.1. The van der Waals surface area contributed by atoms with Crippen molar-refractivity contribution in [1.29, 1.82) is 0 Å². The van der Waals surface area contributed by atoms with Crippen LogP contribution in [-0.4, -0.2) is 116 Å². The van der Waals surface area contributed by atoms with Gasteiger partial charge in [-0.1, -0.05) is 4.98 Å². The van der Waals surface area contributed by atoms with E-state index in [1.54, 1.807) is 0 Å². The van der Waals surface area contributed by atoms with Crippen LogP contribution in [0.4, 0.5) is 11.9 Å². The summed E-state index contributed by atoms with van der Waals surface area (Å²) in [6.45, 7) is -2.08. The number of ether oxygens (including phenoxy) is 2. The van der Waals surface area contributed by atoms with Crippen molar-refractivity contribution in [3.63, 3.8) is 0 Å². The molecule has 0 amide bonds. The maximum absolute atomic E-state index is 12.5. The Morgan fingerprint density at radius 2 is 1.48 bits per heavy atom. The molecule has 2 aliphatic heterocycles. The van der Waals surface area contributed by atoms with Crippen LogP contribution in [0.2, 0.25) is 5.82 Å². The third-order valence-electron chi connectivity index (χ3n) is 7.76. The maximum Gasteiger partial charge on any atom is 0.490 e. The molecule has 0 bridgehead atoms. The number of aromatic nitrogens is 8. The largest absolute Gasteiger partial charge is 0.490 e. The van der Waals surface area contributed by atoms with Crippen molar-refractivity contribution in [3.05, 3.63) is 33.4 Å². The van der Waals surface area contributed by atoms with Crippen molar-refractivity contribution in [3.8, 4) is 0 Å². The summed E-state index contributed by atoms with van der Waals surface area (Å²) in [5, 5.41) is 31.6. The smallest absolute Gasteiger partial charge is 0.391 e. The highest BCUT2D eigenvalue weighted by molar-refractivity contribution is 7.66. The highest BCUT2D eigenvalue weighted by atomic mass is 31.3. The van der Waals surface area contributed by atoms with E-state index in [0.717, 1.165) is 10.9 Å². The number of hydrogen-bond acceptors (Lipinski definition) is 19. The van der Waals surface area contributed by atoms with E-state index in [4.69, 9.17) is 28.8 Å². The van der Waals surface area contributed by atoms with E-state index in [1.165, 1.54) is 22.5 Å². The predicted octanol–water partition coefficient (Wildman–Crippen LogP) is -3.95. The van der Waals surface area contributed by atoms with Gasteiger partial charge in [-0.2, -0.15) is 13.6 Å². The van der Waals surface area contributed by atoms with Crippen LogP contribution in [0, 0.1) is 0 Å². The fourth-order valence-electron chi connectivity index (χ4n) is 5.50. The monoisotopic (exact) mass is 797 g/mol. The molecule has 0 saturated carbocycles. The number of fused-ring (bicyclic) bond motifs is 2. The van der Waals surface area contributed by atoms with Crippen LogP contribution in [0.3, 0.4) is 0 Å². The first-order chi connectivity index (χ1) is 24.2. The highest BCUT2D eigenvalue weighted by Crippen LogP contribution is 2.68. The number of phosphoric ester groups is 2. The molecule has 6 rings (SSSR count). The van der Waals surface area contributed by atoms with Crippen molar-refractivity contribution in [2.45, 2.75) is 48.8 Å². The van der Waals surface area contributed by atoms with E-state index in [1.807, 2.05) is 0 Å². The van der Waals surface area contributed by atoms with Gasteiger partial charge in [0.2, 0.25) is 11.5 Å². The van der Waals surface area contributed by atoms with E-state index in [0.29, 0.717) is 0 Å². The molecule has 52 heavy (non-hydrogen) atoms. The second-order valence-corrected chi connectivity index (χ2v) is 16.0. The first-order valence-corrected chi connectivity index (χ1v) is 18.9. The number of hydrogen-bond donors (Lipinski definition) is 10. The molecule has 282 valence electrons. The van der Waals surface area contributed by atoms with E-state index >= 15 is 0 Å².